The van der Waals surface area contributed by atoms with Crippen molar-refractivity contribution in [3.05, 3.63) is 24.5 Å². The van der Waals surface area contributed by atoms with Crippen LogP contribution in [0.25, 0.3) is 0 Å². The maximum Gasteiger partial charge on any atom is 0.110 e. The first-order valence-electron chi connectivity index (χ1n) is 4.44. The van der Waals surface area contributed by atoms with E-state index in [0.29, 0.717) is 6.61 Å². The summed E-state index contributed by atoms with van der Waals surface area (Å²) in [5.74, 6) is 0. The zero-order valence-corrected chi connectivity index (χ0v) is 7.70. The third kappa shape index (κ3) is 9.24. The van der Waals surface area contributed by atoms with Gasteiger partial charge in [0, 0.05) is 0 Å². The number of allylic oxidation sites excluding steroid dienone is 3. The lowest BCUT2D eigenvalue weighted by atomic mass is 10.3. The summed E-state index contributed by atoms with van der Waals surface area (Å²) in [6.45, 7) is 2.60. The average molecular weight is 170 g/mol. The SMILES string of the molecule is CCC=CCCC=COCCO. The Bertz CT molecular complexity index is 128. The molecule has 0 aliphatic rings. The van der Waals surface area contributed by atoms with Crippen molar-refractivity contribution in [2.24, 2.45) is 0 Å². The molecule has 0 aliphatic heterocycles. The first-order valence-corrected chi connectivity index (χ1v) is 4.44. The topological polar surface area (TPSA) is 29.5 Å². The van der Waals surface area contributed by atoms with Gasteiger partial charge in [0.05, 0.1) is 12.9 Å². The van der Waals surface area contributed by atoms with Gasteiger partial charge in [0.25, 0.3) is 0 Å². The average Bonchev–Trinajstić information content (AvgIpc) is 2.10. The fourth-order valence-electron chi connectivity index (χ4n) is 0.734. The smallest absolute Gasteiger partial charge is 0.110 e. The Morgan fingerprint density at radius 2 is 1.92 bits per heavy atom. The van der Waals surface area contributed by atoms with Crippen LogP contribution < -0.4 is 0 Å². The molecule has 0 bridgehead atoms. The number of aliphatic hydroxyl groups excluding tert-OH is 1. The molecule has 0 aromatic rings. The second kappa shape index (κ2) is 10.2. The zero-order chi connectivity index (χ0) is 9.07. The molecule has 2 heteroatoms. The van der Waals surface area contributed by atoms with E-state index >= 15 is 0 Å². The summed E-state index contributed by atoms with van der Waals surface area (Å²) >= 11 is 0. The maximum absolute atomic E-state index is 8.37. The first kappa shape index (κ1) is 11.2. The van der Waals surface area contributed by atoms with Gasteiger partial charge in [-0.15, -0.1) is 0 Å². The van der Waals surface area contributed by atoms with E-state index in [1.165, 1.54) is 0 Å². The Kier molecular flexibility index (Phi) is 9.59. The quantitative estimate of drug-likeness (QED) is 0.361. The molecule has 0 fully saturated rings. The number of hydrogen-bond donors (Lipinski definition) is 1. The summed E-state index contributed by atoms with van der Waals surface area (Å²) in [5, 5.41) is 8.37. The number of unbranched alkanes of at least 4 members (excludes halogenated alkanes) is 1. The van der Waals surface area contributed by atoms with Crippen LogP contribution in [0.15, 0.2) is 24.5 Å². The molecule has 12 heavy (non-hydrogen) atoms. The third-order valence-electron chi connectivity index (χ3n) is 1.30. The minimum atomic E-state index is 0.0834. The normalized spacial score (nSPS) is 11.5. The Morgan fingerprint density at radius 3 is 2.58 bits per heavy atom. The first-order chi connectivity index (χ1) is 5.91. The van der Waals surface area contributed by atoms with Gasteiger partial charge in [0.2, 0.25) is 0 Å². The maximum atomic E-state index is 8.37. The van der Waals surface area contributed by atoms with E-state index in [0.717, 1.165) is 19.3 Å². The second-order valence-corrected chi connectivity index (χ2v) is 2.42. The number of rotatable bonds is 7. The molecule has 0 radical (unpaired) electrons. The lowest BCUT2D eigenvalue weighted by Gasteiger charge is -1.93. The van der Waals surface area contributed by atoms with Crippen LogP contribution in [0.1, 0.15) is 26.2 Å². The fraction of sp³-hybridized carbons (Fsp3) is 0.600. The molecule has 70 valence electrons. The van der Waals surface area contributed by atoms with Crippen molar-refractivity contribution in [2.75, 3.05) is 13.2 Å². The van der Waals surface area contributed by atoms with Crippen LogP contribution in [0.3, 0.4) is 0 Å². The lowest BCUT2D eigenvalue weighted by molar-refractivity contribution is 0.165. The monoisotopic (exact) mass is 170 g/mol. The van der Waals surface area contributed by atoms with Crippen molar-refractivity contribution in [2.45, 2.75) is 26.2 Å². The van der Waals surface area contributed by atoms with Crippen LogP contribution in [0.4, 0.5) is 0 Å². The summed E-state index contributed by atoms with van der Waals surface area (Å²) < 4.78 is 4.93. The zero-order valence-electron chi connectivity index (χ0n) is 7.70. The Labute approximate surface area is 74.6 Å². The van der Waals surface area contributed by atoms with E-state index in [1.54, 1.807) is 6.26 Å². The lowest BCUT2D eigenvalue weighted by Crippen LogP contribution is -1.91. The van der Waals surface area contributed by atoms with Gasteiger partial charge in [-0.05, 0) is 25.3 Å². The van der Waals surface area contributed by atoms with Gasteiger partial charge in [-0.25, -0.2) is 0 Å². The molecule has 0 amide bonds. The Balaban J connectivity index is 3.07. The van der Waals surface area contributed by atoms with Crippen LogP contribution in [0, 0.1) is 0 Å². The molecule has 0 aliphatic carbocycles. The molecule has 0 atom stereocenters. The molecule has 0 unspecified atom stereocenters. The molecular weight excluding hydrogens is 152 g/mol. The van der Waals surface area contributed by atoms with Crippen molar-refractivity contribution in [3.8, 4) is 0 Å². The van der Waals surface area contributed by atoms with Crippen LogP contribution in [-0.2, 0) is 4.74 Å². The summed E-state index contributed by atoms with van der Waals surface area (Å²) in [4.78, 5) is 0. The largest absolute Gasteiger partial charge is 0.499 e. The molecule has 1 N–H and O–H groups in total. The van der Waals surface area contributed by atoms with Crippen LogP contribution >= 0.6 is 0 Å². The van der Waals surface area contributed by atoms with Gasteiger partial charge in [0.1, 0.15) is 6.61 Å². The van der Waals surface area contributed by atoms with E-state index < -0.39 is 0 Å². The van der Waals surface area contributed by atoms with Crippen molar-refractivity contribution in [3.63, 3.8) is 0 Å². The van der Waals surface area contributed by atoms with Crippen LogP contribution in [-0.4, -0.2) is 18.3 Å². The Hall–Kier alpha value is -0.760. The van der Waals surface area contributed by atoms with E-state index in [1.807, 2.05) is 6.08 Å². The highest BCUT2D eigenvalue weighted by atomic mass is 16.5. The summed E-state index contributed by atoms with van der Waals surface area (Å²) in [6, 6.07) is 0. The van der Waals surface area contributed by atoms with E-state index in [-0.39, 0.29) is 6.61 Å². The fourth-order valence-corrected chi connectivity index (χ4v) is 0.734. The highest BCUT2D eigenvalue weighted by Gasteiger charge is 1.77. The van der Waals surface area contributed by atoms with E-state index in [2.05, 4.69) is 19.1 Å². The highest BCUT2D eigenvalue weighted by Crippen LogP contribution is 1.94. The van der Waals surface area contributed by atoms with Gasteiger partial charge in [0.15, 0.2) is 0 Å². The second-order valence-electron chi connectivity index (χ2n) is 2.42. The Morgan fingerprint density at radius 1 is 1.17 bits per heavy atom. The molecule has 0 saturated heterocycles. The highest BCUT2D eigenvalue weighted by molar-refractivity contribution is 4.84. The van der Waals surface area contributed by atoms with Gasteiger partial charge < -0.3 is 9.84 Å². The third-order valence-corrected chi connectivity index (χ3v) is 1.30. The molecule has 2 nitrogen and oxygen atoms in total. The summed E-state index contributed by atoms with van der Waals surface area (Å²) in [5.41, 5.74) is 0. The predicted molar refractivity (Wildman–Crippen MR) is 50.8 cm³/mol. The number of aliphatic hydroxyl groups is 1. The minimum absolute atomic E-state index is 0.0834. The standard InChI is InChI=1S/C10H18O2/c1-2-3-4-5-6-7-9-12-10-8-11/h3-4,7,9,11H,2,5-6,8,10H2,1H3. The van der Waals surface area contributed by atoms with Crippen LogP contribution in [0.2, 0.25) is 0 Å². The van der Waals surface area contributed by atoms with Crippen molar-refractivity contribution < 1.29 is 9.84 Å². The summed E-state index contributed by atoms with van der Waals surface area (Å²) in [7, 11) is 0. The predicted octanol–water partition coefficient (Wildman–Crippen LogP) is 2.26. The summed E-state index contributed by atoms with van der Waals surface area (Å²) in [6.07, 6.45) is 11.1. The van der Waals surface area contributed by atoms with Gasteiger partial charge in [-0.1, -0.05) is 19.1 Å². The molecule has 0 aromatic heterocycles. The van der Waals surface area contributed by atoms with Gasteiger partial charge >= 0.3 is 0 Å². The minimum Gasteiger partial charge on any atom is -0.499 e. The van der Waals surface area contributed by atoms with Crippen molar-refractivity contribution in [1.82, 2.24) is 0 Å². The van der Waals surface area contributed by atoms with Crippen LogP contribution in [0.5, 0.6) is 0 Å². The molecule has 0 aromatic carbocycles. The molecule has 0 saturated carbocycles. The molecule has 0 heterocycles. The van der Waals surface area contributed by atoms with Gasteiger partial charge in [-0.3, -0.25) is 0 Å². The molecule has 0 spiro atoms. The van der Waals surface area contributed by atoms with Crippen molar-refractivity contribution in [1.29, 1.82) is 0 Å². The number of hydrogen-bond acceptors (Lipinski definition) is 2. The van der Waals surface area contributed by atoms with E-state index in [9.17, 15) is 0 Å². The van der Waals surface area contributed by atoms with E-state index in [4.69, 9.17) is 9.84 Å². The molecular formula is C10H18O2. The van der Waals surface area contributed by atoms with Gasteiger partial charge in [-0.2, -0.15) is 0 Å². The molecule has 0 rings (SSSR count). The van der Waals surface area contributed by atoms with Crippen molar-refractivity contribution >= 4 is 0 Å². The number of ether oxygens (including phenoxy) is 1.